The lowest BCUT2D eigenvalue weighted by Crippen LogP contribution is -1.94. The summed E-state index contributed by atoms with van der Waals surface area (Å²) >= 11 is 0.250. The first-order chi connectivity index (χ1) is 5.35. The molecule has 62 valence electrons. The molecule has 0 fully saturated rings. The Balaban J connectivity index is 0.000000292. The molecular weight excluding hydrogens is 161 g/mol. The van der Waals surface area contributed by atoms with Crippen LogP contribution in [-0.2, 0) is 6.54 Å². The van der Waals surface area contributed by atoms with Gasteiger partial charge in [-0.05, 0) is 5.56 Å². The first-order valence-corrected chi connectivity index (χ1v) is 4.36. The van der Waals surface area contributed by atoms with Crippen LogP contribution >= 0.6 is 12.1 Å². The highest BCUT2D eigenvalue weighted by atomic mass is 32.2. The van der Waals surface area contributed by atoms with E-state index in [1.165, 1.54) is 11.8 Å². The van der Waals surface area contributed by atoms with Gasteiger partial charge in [-0.3, -0.25) is 0 Å². The lowest BCUT2D eigenvalue weighted by atomic mass is 10.2. The van der Waals surface area contributed by atoms with E-state index in [0.717, 1.165) is 0 Å². The fourth-order valence-electron chi connectivity index (χ4n) is 0.614. The van der Waals surface area contributed by atoms with Gasteiger partial charge in [0.2, 0.25) is 0 Å². The Kier molecular flexibility index (Phi) is 7.19. The number of hydrogen-bond donors (Lipinski definition) is 1. The van der Waals surface area contributed by atoms with Crippen LogP contribution in [-0.4, -0.2) is 6.26 Å². The van der Waals surface area contributed by atoms with E-state index in [4.69, 9.17) is 5.73 Å². The Morgan fingerprint density at radius 1 is 1.36 bits per heavy atom. The van der Waals surface area contributed by atoms with Gasteiger partial charge < -0.3 is 5.73 Å². The SMILES string of the molecule is CSF.NCc1ccccc1. The summed E-state index contributed by atoms with van der Waals surface area (Å²) in [7, 11) is 0. The number of halogens is 1. The van der Waals surface area contributed by atoms with Crippen LogP contribution < -0.4 is 5.73 Å². The van der Waals surface area contributed by atoms with Gasteiger partial charge in [0.1, 0.15) is 0 Å². The van der Waals surface area contributed by atoms with Crippen molar-refractivity contribution in [2.45, 2.75) is 6.54 Å². The topological polar surface area (TPSA) is 26.0 Å². The van der Waals surface area contributed by atoms with Gasteiger partial charge in [-0.2, -0.15) is 3.89 Å². The molecule has 11 heavy (non-hydrogen) atoms. The highest BCUT2D eigenvalue weighted by molar-refractivity contribution is 7.93. The van der Waals surface area contributed by atoms with Gasteiger partial charge in [0, 0.05) is 24.9 Å². The molecule has 1 nitrogen and oxygen atoms in total. The van der Waals surface area contributed by atoms with E-state index in [1.54, 1.807) is 0 Å². The van der Waals surface area contributed by atoms with Crippen LogP contribution in [0, 0.1) is 0 Å². The molecule has 3 heteroatoms. The molecule has 0 atom stereocenters. The molecule has 0 radical (unpaired) electrons. The largest absolute Gasteiger partial charge is 0.326 e. The smallest absolute Gasteiger partial charge is 0.0408 e. The van der Waals surface area contributed by atoms with Crippen molar-refractivity contribution in [3.05, 3.63) is 35.9 Å². The fraction of sp³-hybridized carbons (Fsp3) is 0.250. The molecule has 0 saturated carbocycles. The van der Waals surface area contributed by atoms with Crippen molar-refractivity contribution in [3.8, 4) is 0 Å². The monoisotopic (exact) mass is 173 g/mol. The average molecular weight is 173 g/mol. The molecule has 1 aromatic carbocycles. The third kappa shape index (κ3) is 5.88. The Morgan fingerprint density at radius 3 is 2.09 bits per heavy atom. The van der Waals surface area contributed by atoms with Gasteiger partial charge in [0.25, 0.3) is 0 Å². The molecule has 0 unspecified atom stereocenters. The molecule has 0 aliphatic heterocycles. The lowest BCUT2D eigenvalue weighted by molar-refractivity contribution is 0.944. The van der Waals surface area contributed by atoms with Gasteiger partial charge in [-0.1, -0.05) is 30.3 Å². The predicted molar refractivity (Wildman–Crippen MR) is 49.0 cm³/mol. The van der Waals surface area contributed by atoms with Crippen molar-refractivity contribution in [2.24, 2.45) is 5.73 Å². The average Bonchev–Trinajstić information content (AvgIpc) is 2.08. The van der Waals surface area contributed by atoms with Crippen molar-refractivity contribution in [1.82, 2.24) is 0 Å². The van der Waals surface area contributed by atoms with Crippen molar-refractivity contribution < 1.29 is 3.89 Å². The Morgan fingerprint density at radius 2 is 1.82 bits per heavy atom. The van der Waals surface area contributed by atoms with Gasteiger partial charge in [0.15, 0.2) is 0 Å². The third-order valence-corrected chi connectivity index (χ3v) is 1.08. The second kappa shape index (κ2) is 7.57. The fourth-order valence-corrected chi connectivity index (χ4v) is 0.614. The van der Waals surface area contributed by atoms with Crippen LogP contribution in [0.4, 0.5) is 3.89 Å². The maximum Gasteiger partial charge on any atom is 0.0408 e. The molecule has 2 N–H and O–H groups in total. The van der Waals surface area contributed by atoms with Gasteiger partial charge in [-0.25, -0.2) is 0 Å². The normalized spacial score (nSPS) is 8.27. The summed E-state index contributed by atoms with van der Waals surface area (Å²) in [6, 6.07) is 9.99. The maximum atomic E-state index is 10.2. The van der Waals surface area contributed by atoms with E-state index in [9.17, 15) is 3.89 Å². The Labute approximate surface area is 71.1 Å². The first-order valence-electron chi connectivity index (χ1n) is 3.24. The van der Waals surface area contributed by atoms with Crippen molar-refractivity contribution in [3.63, 3.8) is 0 Å². The summed E-state index contributed by atoms with van der Waals surface area (Å²) in [5.41, 5.74) is 6.54. The van der Waals surface area contributed by atoms with Gasteiger partial charge in [0.05, 0.1) is 0 Å². The zero-order chi connectivity index (χ0) is 8.53. The van der Waals surface area contributed by atoms with Gasteiger partial charge >= 0.3 is 0 Å². The molecule has 0 spiro atoms. The predicted octanol–water partition coefficient (Wildman–Crippen LogP) is 2.38. The second-order valence-electron chi connectivity index (χ2n) is 1.84. The summed E-state index contributed by atoms with van der Waals surface area (Å²) in [4.78, 5) is 0. The second-order valence-corrected chi connectivity index (χ2v) is 2.15. The molecule has 1 aromatic rings. The van der Waals surface area contributed by atoms with Crippen molar-refractivity contribution in [2.75, 3.05) is 6.26 Å². The highest BCUT2D eigenvalue weighted by Gasteiger charge is 1.80. The summed E-state index contributed by atoms with van der Waals surface area (Å²) in [6.45, 7) is 0.640. The maximum absolute atomic E-state index is 10.2. The molecule has 1 rings (SSSR count). The zero-order valence-electron chi connectivity index (χ0n) is 6.46. The van der Waals surface area contributed by atoms with Crippen molar-refractivity contribution in [1.29, 1.82) is 0 Å². The van der Waals surface area contributed by atoms with E-state index in [-0.39, 0.29) is 12.1 Å². The summed E-state index contributed by atoms with van der Waals surface area (Å²) in [5.74, 6) is 0. The van der Waals surface area contributed by atoms with E-state index in [2.05, 4.69) is 0 Å². The minimum atomic E-state index is 0.250. The minimum Gasteiger partial charge on any atom is -0.326 e. The van der Waals surface area contributed by atoms with Crippen LogP contribution in [0.25, 0.3) is 0 Å². The summed E-state index contributed by atoms with van der Waals surface area (Å²) < 4.78 is 10.2. The van der Waals surface area contributed by atoms with E-state index < -0.39 is 0 Å². The zero-order valence-corrected chi connectivity index (χ0v) is 7.27. The quantitative estimate of drug-likeness (QED) is 0.705. The number of rotatable bonds is 1. The molecule has 0 heterocycles. The lowest BCUT2D eigenvalue weighted by Gasteiger charge is -1.90. The number of hydrogen-bond acceptors (Lipinski definition) is 2. The molecule has 0 amide bonds. The van der Waals surface area contributed by atoms with Crippen molar-refractivity contribution >= 4 is 12.1 Å². The van der Waals surface area contributed by atoms with Crippen LogP contribution in [0.15, 0.2) is 30.3 Å². The standard InChI is InChI=1S/C7H9N.CH3FS/c8-6-7-4-2-1-3-5-7;1-3-2/h1-5H,6,8H2;1H3. The first kappa shape index (κ1) is 10.5. The molecular formula is C8H12FNS. The molecule has 0 aromatic heterocycles. The number of benzene rings is 1. The Bertz CT molecular complexity index is 167. The van der Waals surface area contributed by atoms with E-state index >= 15 is 0 Å². The third-order valence-electron chi connectivity index (χ3n) is 1.08. The molecule has 0 saturated heterocycles. The molecule has 0 bridgehead atoms. The van der Waals surface area contributed by atoms with Crippen LogP contribution in [0.5, 0.6) is 0 Å². The van der Waals surface area contributed by atoms with Crippen LogP contribution in [0.1, 0.15) is 5.56 Å². The van der Waals surface area contributed by atoms with Gasteiger partial charge in [-0.15, -0.1) is 0 Å². The summed E-state index contributed by atoms with van der Waals surface area (Å²) in [6.07, 6.45) is 1.38. The Hall–Kier alpha value is -0.540. The minimum absolute atomic E-state index is 0.250. The molecule has 0 aliphatic carbocycles. The van der Waals surface area contributed by atoms with E-state index in [1.807, 2.05) is 30.3 Å². The van der Waals surface area contributed by atoms with Crippen LogP contribution in [0.2, 0.25) is 0 Å². The molecule has 0 aliphatic rings. The van der Waals surface area contributed by atoms with Crippen LogP contribution in [0.3, 0.4) is 0 Å². The summed E-state index contributed by atoms with van der Waals surface area (Å²) in [5, 5.41) is 0. The number of nitrogens with two attached hydrogens (primary N) is 1. The highest BCUT2D eigenvalue weighted by Crippen LogP contribution is 1.94. The van der Waals surface area contributed by atoms with E-state index in [0.29, 0.717) is 6.54 Å².